The van der Waals surface area contributed by atoms with Crippen molar-refractivity contribution in [3.05, 3.63) is 29.3 Å². The van der Waals surface area contributed by atoms with E-state index in [1.165, 1.54) is 0 Å². The van der Waals surface area contributed by atoms with Crippen molar-refractivity contribution in [2.75, 3.05) is 18.4 Å². The monoisotopic (exact) mass is 271 g/mol. The average Bonchev–Trinajstić information content (AvgIpc) is 3.24. The molecule has 0 saturated heterocycles. The molecule has 0 heterocycles. The van der Waals surface area contributed by atoms with E-state index >= 15 is 0 Å². The van der Waals surface area contributed by atoms with Gasteiger partial charge in [-0.1, -0.05) is 0 Å². The Morgan fingerprint density at radius 2 is 2.25 bits per heavy atom. The molecule has 1 aliphatic rings. The molecular formula is C16H21N3O. The number of nitrogens with zero attached hydrogens (tertiary/aromatic N) is 2. The van der Waals surface area contributed by atoms with E-state index in [4.69, 9.17) is 5.26 Å². The molecule has 1 aromatic rings. The molecule has 1 aromatic carbocycles. The minimum Gasteiger partial charge on any atom is -0.385 e. The van der Waals surface area contributed by atoms with Crippen molar-refractivity contribution in [1.29, 1.82) is 5.26 Å². The van der Waals surface area contributed by atoms with Crippen LogP contribution in [0.1, 0.15) is 42.1 Å². The SMILES string of the molecule is CCNc1ccc(C(=O)N(CCC#N)C2CC2)c(C)c1. The first-order chi connectivity index (χ1) is 9.67. The number of hydrogen-bond acceptors (Lipinski definition) is 3. The summed E-state index contributed by atoms with van der Waals surface area (Å²) in [5, 5.41) is 12.0. The van der Waals surface area contributed by atoms with Crippen molar-refractivity contribution < 1.29 is 4.79 Å². The third kappa shape index (κ3) is 3.30. The number of carbonyl (C=O) groups excluding carboxylic acids is 1. The Morgan fingerprint density at radius 1 is 1.50 bits per heavy atom. The lowest BCUT2D eigenvalue weighted by molar-refractivity contribution is 0.0746. The van der Waals surface area contributed by atoms with Crippen molar-refractivity contribution >= 4 is 11.6 Å². The zero-order valence-corrected chi connectivity index (χ0v) is 12.1. The largest absolute Gasteiger partial charge is 0.385 e. The summed E-state index contributed by atoms with van der Waals surface area (Å²) in [6.07, 6.45) is 2.52. The number of carbonyl (C=O) groups is 1. The highest BCUT2D eigenvalue weighted by Crippen LogP contribution is 2.29. The molecule has 1 amide bonds. The molecule has 20 heavy (non-hydrogen) atoms. The van der Waals surface area contributed by atoms with Gasteiger partial charge in [-0.15, -0.1) is 0 Å². The molecule has 0 radical (unpaired) electrons. The maximum Gasteiger partial charge on any atom is 0.254 e. The number of rotatable bonds is 6. The molecule has 4 heteroatoms. The van der Waals surface area contributed by atoms with Crippen LogP contribution < -0.4 is 5.32 Å². The van der Waals surface area contributed by atoms with E-state index in [0.29, 0.717) is 19.0 Å². The molecule has 0 spiro atoms. The summed E-state index contributed by atoms with van der Waals surface area (Å²) in [6.45, 7) is 5.41. The Hall–Kier alpha value is -2.02. The number of amides is 1. The lowest BCUT2D eigenvalue weighted by Gasteiger charge is -2.22. The van der Waals surface area contributed by atoms with E-state index in [-0.39, 0.29) is 5.91 Å². The lowest BCUT2D eigenvalue weighted by Crippen LogP contribution is -2.34. The van der Waals surface area contributed by atoms with Gasteiger partial charge in [-0.3, -0.25) is 4.79 Å². The zero-order valence-electron chi connectivity index (χ0n) is 12.1. The highest BCUT2D eigenvalue weighted by atomic mass is 16.2. The fourth-order valence-electron chi connectivity index (χ4n) is 2.38. The fraction of sp³-hybridized carbons (Fsp3) is 0.500. The van der Waals surface area contributed by atoms with Gasteiger partial charge in [-0.25, -0.2) is 0 Å². The minimum atomic E-state index is 0.0586. The fourth-order valence-corrected chi connectivity index (χ4v) is 2.38. The summed E-state index contributed by atoms with van der Waals surface area (Å²) in [5.41, 5.74) is 2.77. The van der Waals surface area contributed by atoms with Gasteiger partial charge in [0.05, 0.1) is 12.5 Å². The maximum atomic E-state index is 12.6. The minimum absolute atomic E-state index is 0.0586. The number of benzene rings is 1. The Bertz CT molecular complexity index is 529. The van der Waals surface area contributed by atoms with Crippen LogP contribution in [0.4, 0.5) is 5.69 Å². The van der Waals surface area contributed by atoms with E-state index in [0.717, 1.165) is 36.2 Å². The zero-order chi connectivity index (χ0) is 14.5. The first-order valence-corrected chi connectivity index (χ1v) is 7.19. The molecule has 2 rings (SSSR count). The van der Waals surface area contributed by atoms with E-state index in [9.17, 15) is 4.79 Å². The molecule has 4 nitrogen and oxygen atoms in total. The van der Waals surface area contributed by atoms with Crippen LogP contribution in [0.5, 0.6) is 0 Å². The summed E-state index contributed by atoms with van der Waals surface area (Å²) in [5.74, 6) is 0.0586. The number of hydrogen-bond donors (Lipinski definition) is 1. The van der Waals surface area contributed by atoms with Gasteiger partial charge in [0.25, 0.3) is 5.91 Å². The van der Waals surface area contributed by atoms with E-state index in [1.807, 2.05) is 36.9 Å². The van der Waals surface area contributed by atoms with Crippen molar-refractivity contribution in [1.82, 2.24) is 4.90 Å². The van der Waals surface area contributed by atoms with Crippen LogP contribution in [0, 0.1) is 18.3 Å². The second-order valence-electron chi connectivity index (χ2n) is 5.20. The molecule has 0 atom stereocenters. The van der Waals surface area contributed by atoms with Crippen molar-refractivity contribution in [2.24, 2.45) is 0 Å². The van der Waals surface area contributed by atoms with Crippen molar-refractivity contribution in [3.63, 3.8) is 0 Å². The van der Waals surface area contributed by atoms with E-state index < -0.39 is 0 Å². The molecule has 0 bridgehead atoms. The Morgan fingerprint density at radius 3 is 2.80 bits per heavy atom. The van der Waals surface area contributed by atoms with Crippen LogP contribution in [0.25, 0.3) is 0 Å². The number of anilines is 1. The molecule has 1 fully saturated rings. The van der Waals surface area contributed by atoms with Crippen LogP contribution >= 0.6 is 0 Å². The predicted molar refractivity (Wildman–Crippen MR) is 79.6 cm³/mol. The van der Waals surface area contributed by atoms with E-state index in [1.54, 1.807) is 0 Å². The van der Waals surface area contributed by atoms with Gasteiger partial charge >= 0.3 is 0 Å². The lowest BCUT2D eigenvalue weighted by atomic mass is 10.1. The standard InChI is InChI=1S/C16H21N3O/c1-3-18-13-5-8-15(12(2)11-13)16(20)19(10-4-9-17)14-6-7-14/h5,8,11,14,18H,3-4,6-7,10H2,1-2H3. The topological polar surface area (TPSA) is 56.1 Å². The normalized spacial score (nSPS) is 13.7. The quantitative estimate of drug-likeness (QED) is 0.865. The van der Waals surface area contributed by atoms with Crippen LogP contribution in [0.15, 0.2) is 18.2 Å². The van der Waals surface area contributed by atoms with Crippen LogP contribution in [0.2, 0.25) is 0 Å². The van der Waals surface area contributed by atoms with Crippen molar-refractivity contribution in [2.45, 2.75) is 39.2 Å². The average molecular weight is 271 g/mol. The molecule has 0 unspecified atom stereocenters. The summed E-state index contributed by atoms with van der Waals surface area (Å²) < 4.78 is 0. The Labute approximate surface area is 120 Å². The first-order valence-electron chi connectivity index (χ1n) is 7.19. The molecular weight excluding hydrogens is 250 g/mol. The highest BCUT2D eigenvalue weighted by molar-refractivity contribution is 5.96. The second-order valence-corrected chi connectivity index (χ2v) is 5.20. The predicted octanol–water partition coefficient (Wildman–Crippen LogP) is 2.95. The third-order valence-corrected chi connectivity index (χ3v) is 3.55. The molecule has 0 aromatic heterocycles. The van der Waals surface area contributed by atoms with E-state index in [2.05, 4.69) is 11.4 Å². The molecule has 1 saturated carbocycles. The van der Waals surface area contributed by atoms with Gasteiger partial charge in [0, 0.05) is 30.4 Å². The summed E-state index contributed by atoms with van der Waals surface area (Å²) >= 11 is 0. The van der Waals surface area contributed by atoms with Gasteiger partial charge in [0.15, 0.2) is 0 Å². The number of nitrogens with one attached hydrogen (secondary N) is 1. The van der Waals surface area contributed by atoms with Crippen LogP contribution in [-0.2, 0) is 0 Å². The van der Waals surface area contributed by atoms with Gasteiger partial charge in [0.1, 0.15) is 0 Å². The molecule has 1 N–H and O–H groups in total. The first kappa shape index (κ1) is 14.4. The van der Waals surface area contributed by atoms with Gasteiger partial charge < -0.3 is 10.2 Å². The Balaban J connectivity index is 2.16. The second kappa shape index (κ2) is 6.42. The highest BCUT2D eigenvalue weighted by Gasteiger charge is 2.33. The number of aryl methyl sites for hydroxylation is 1. The van der Waals surface area contributed by atoms with Crippen LogP contribution in [-0.4, -0.2) is 29.9 Å². The number of nitriles is 1. The van der Waals surface area contributed by atoms with Gasteiger partial charge in [0.2, 0.25) is 0 Å². The smallest absolute Gasteiger partial charge is 0.254 e. The third-order valence-electron chi connectivity index (χ3n) is 3.55. The molecule has 0 aliphatic heterocycles. The van der Waals surface area contributed by atoms with Crippen LogP contribution in [0.3, 0.4) is 0 Å². The van der Waals surface area contributed by atoms with Crippen molar-refractivity contribution in [3.8, 4) is 6.07 Å². The van der Waals surface area contributed by atoms with Gasteiger partial charge in [-0.2, -0.15) is 5.26 Å². The summed E-state index contributed by atoms with van der Waals surface area (Å²) in [4.78, 5) is 14.5. The Kier molecular flexibility index (Phi) is 4.62. The summed E-state index contributed by atoms with van der Waals surface area (Å²) in [6, 6.07) is 8.30. The summed E-state index contributed by atoms with van der Waals surface area (Å²) in [7, 11) is 0. The molecule has 1 aliphatic carbocycles. The van der Waals surface area contributed by atoms with Gasteiger partial charge in [-0.05, 0) is 50.5 Å². The maximum absolute atomic E-state index is 12.6. The molecule has 106 valence electrons.